The second-order valence-electron chi connectivity index (χ2n) is 7.39. The van der Waals surface area contributed by atoms with Gasteiger partial charge in [0, 0.05) is 19.6 Å². The number of nitrogens with one attached hydrogen (secondary N) is 1. The molecule has 0 aliphatic carbocycles. The van der Waals surface area contributed by atoms with Gasteiger partial charge in [-0.2, -0.15) is 0 Å². The third kappa shape index (κ3) is 5.49. The van der Waals surface area contributed by atoms with Gasteiger partial charge in [0.15, 0.2) is 0 Å². The van der Waals surface area contributed by atoms with Gasteiger partial charge in [-0.15, -0.1) is 0 Å². The van der Waals surface area contributed by atoms with E-state index in [1.54, 1.807) is 12.1 Å². The highest BCUT2D eigenvalue weighted by molar-refractivity contribution is 6.32. The van der Waals surface area contributed by atoms with E-state index in [1.807, 2.05) is 32.6 Å². The molecular weight excluding hydrogens is 389 g/mol. The van der Waals surface area contributed by atoms with Gasteiger partial charge in [-0.25, -0.2) is 9.78 Å². The molecule has 0 aromatic carbocycles. The summed E-state index contributed by atoms with van der Waals surface area (Å²) in [6.07, 6.45) is 0. The SMILES string of the molecule is CC(C)CN(Cc1cc(Cl)nc(Cl)c1)c1c(N)n(CC(C)C)c(=O)[nH]c1=O. The van der Waals surface area contributed by atoms with Crippen molar-refractivity contribution in [3.63, 3.8) is 0 Å². The molecule has 7 nitrogen and oxygen atoms in total. The summed E-state index contributed by atoms with van der Waals surface area (Å²) in [7, 11) is 0. The van der Waals surface area contributed by atoms with E-state index < -0.39 is 11.2 Å². The lowest BCUT2D eigenvalue weighted by molar-refractivity contribution is 0.505. The number of nitrogen functional groups attached to an aromatic ring is 1. The number of hydrogen-bond acceptors (Lipinski definition) is 5. The summed E-state index contributed by atoms with van der Waals surface area (Å²) < 4.78 is 1.40. The standard InChI is InChI=1S/C18H25Cl2N5O2/c1-10(2)7-24(9-12-5-13(19)22-14(20)6-12)15-16(21)25(8-11(3)4)18(27)23-17(15)26/h5-6,10-11H,7-9,21H2,1-4H3,(H,23,26,27). The number of H-pyrrole nitrogens is 1. The number of pyridine rings is 1. The normalized spacial score (nSPS) is 11.4. The lowest BCUT2D eigenvalue weighted by Crippen LogP contribution is -2.40. The number of nitrogens with zero attached hydrogens (tertiary/aromatic N) is 3. The average molecular weight is 414 g/mol. The highest BCUT2D eigenvalue weighted by Crippen LogP contribution is 2.23. The summed E-state index contributed by atoms with van der Waals surface area (Å²) in [5.74, 6) is 0.603. The van der Waals surface area contributed by atoms with Gasteiger partial charge in [-0.3, -0.25) is 14.3 Å². The van der Waals surface area contributed by atoms with Gasteiger partial charge in [0.05, 0.1) is 0 Å². The molecule has 0 radical (unpaired) electrons. The monoisotopic (exact) mass is 413 g/mol. The molecule has 0 saturated heterocycles. The summed E-state index contributed by atoms with van der Waals surface area (Å²) in [4.78, 5) is 33.0. The van der Waals surface area contributed by atoms with Crippen LogP contribution in [-0.2, 0) is 13.1 Å². The number of aromatic amines is 1. The number of nitrogens with two attached hydrogens (primary N) is 1. The van der Waals surface area contributed by atoms with E-state index in [4.69, 9.17) is 28.9 Å². The first-order valence-corrected chi connectivity index (χ1v) is 9.53. The molecule has 0 amide bonds. The van der Waals surface area contributed by atoms with Crippen LogP contribution in [0.5, 0.6) is 0 Å². The van der Waals surface area contributed by atoms with Gasteiger partial charge in [-0.05, 0) is 29.5 Å². The Labute approximate surface area is 168 Å². The van der Waals surface area contributed by atoms with Crippen molar-refractivity contribution in [3.8, 4) is 0 Å². The third-order valence-electron chi connectivity index (χ3n) is 3.86. The number of halogens is 2. The van der Waals surface area contributed by atoms with Gasteiger partial charge < -0.3 is 10.6 Å². The molecule has 0 bridgehead atoms. The Balaban J connectivity index is 2.56. The maximum absolute atomic E-state index is 12.6. The van der Waals surface area contributed by atoms with Crippen molar-refractivity contribution < 1.29 is 0 Å². The largest absolute Gasteiger partial charge is 0.383 e. The average Bonchev–Trinajstić information content (AvgIpc) is 2.49. The van der Waals surface area contributed by atoms with Crippen molar-refractivity contribution in [1.82, 2.24) is 14.5 Å². The van der Waals surface area contributed by atoms with Crippen LogP contribution < -0.4 is 21.9 Å². The second-order valence-corrected chi connectivity index (χ2v) is 8.17. The molecule has 2 heterocycles. The molecule has 0 spiro atoms. The minimum Gasteiger partial charge on any atom is -0.383 e. The molecule has 0 atom stereocenters. The van der Waals surface area contributed by atoms with Crippen molar-refractivity contribution in [2.24, 2.45) is 11.8 Å². The zero-order valence-corrected chi connectivity index (χ0v) is 17.4. The Morgan fingerprint density at radius 1 is 1.15 bits per heavy atom. The summed E-state index contributed by atoms with van der Waals surface area (Å²) in [5, 5.41) is 0.544. The number of hydrogen-bond donors (Lipinski definition) is 2. The van der Waals surface area contributed by atoms with Crippen LogP contribution in [0.15, 0.2) is 21.7 Å². The summed E-state index contributed by atoms with van der Waals surface area (Å²) in [5.41, 5.74) is 6.31. The van der Waals surface area contributed by atoms with E-state index in [-0.39, 0.29) is 33.6 Å². The molecule has 0 aliphatic heterocycles. The molecule has 3 N–H and O–H groups in total. The fourth-order valence-corrected chi connectivity index (χ4v) is 3.44. The van der Waals surface area contributed by atoms with E-state index in [2.05, 4.69) is 9.97 Å². The minimum atomic E-state index is -0.510. The lowest BCUT2D eigenvalue weighted by atomic mass is 10.1. The van der Waals surface area contributed by atoms with E-state index in [0.717, 1.165) is 5.56 Å². The Morgan fingerprint density at radius 2 is 1.74 bits per heavy atom. The Bertz CT molecular complexity index is 901. The fraction of sp³-hybridized carbons (Fsp3) is 0.500. The van der Waals surface area contributed by atoms with E-state index in [1.165, 1.54) is 4.57 Å². The molecule has 148 valence electrons. The van der Waals surface area contributed by atoms with Crippen LogP contribution in [0.4, 0.5) is 11.5 Å². The third-order valence-corrected chi connectivity index (χ3v) is 4.25. The van der Waals surface area contributed by atoms with Gasteiger partial charge in [0.25, 0.3) is 5.56 Å². The van der Waals surface area contributed by atoms with Gasteiger partial charge in [-0.1, -0.05) is 50.9 Å². The quantitative estimate of drug-likeness (QED) is 0.679. The maximum Gasteiger partial charge on any atom is 0.330 e. The van der Waals surface area contributed by atoms with Crippen LogP contribution >= 0.6 is 23.2 Å². The number of rotatable bonds is 7. The van der Waals surface area contributed by atoms with Crippen LogP contribution in [0.25, 0.3) is 0 Å². The molecule has 0 aliphatic rings. The minimum absolute atomic E-state index is 0.157. The zero-order chi connectivity index (χ0) is 20.3. The maximum atomic E-state index is 12.6. The predicted molar refractivity (Wildman–Crippen MR) is 111 cm³/mol. The van der Waals surface area contributed by atoms with Crippen LogP contribution in [0.3, 0.4) is 0 Å². The first-order chi connectivity index (χ1) is 12.6. The number of anilines is 2. The Hall–Kier alpha value is -1.99. The van der Waals surface area contributed by atoms with E-state index >= 15 is 0 Å². The zero-order valence-electron chi connectivity index (χ0n) is 15.9. The van der Waals surface area contributed by atoms with Crippen molar-refractivity contribution in [3.05, 3.63) is 48.8 Å². The topological polar surface area (TPSA) is 97.0 Å². The van der Waals surface area contributed by atoms with Crippen LogP contribution in [0.2, 0.25) is 10.3 Å². The molecule has 0 unspecified atom stereocenters. The molecule has 0 fully saturated rings. The Morgan fingerprint density at radius 3 is 2.26 bits per heavy atom. The molecule has 0 saturated carbocycles. The van der Waals surface area contributed by atoms with Gasteiger partial charge >= 0.3 is 5.69 Å². The Kier molecular flexibility index (Phi) is 6.95. The van der Waals surface area contributed by atoms with Crippen LogP contribution in [0.1, 0.15) is 33.3 Å². The summed E-state index contributed by atoms with van der Waals surface area (Å²) in [6, 6.07) is 3.38. The van der Waals surface area contributed by atoms with E-state index in [9.17, 15) is 9.59 Å². The molecule has 2 aromatic rings. The van der Waals surface area contributed by atoms with Crippen LogP contribution in [-0.4, -0.2) is 21.1 Å². The highest BCUT2D eigenvalue weighted by Gasteiger charge is 2.21. The highest BCUT2D eigenvalue weighted by atomic mass is 35.5. The molecule has 9 heteroatoms. The molecular formula is C18H25Cl2N5O2. The van der Waals surface area contributed by atoms with Gasteiger partial charge in [0.2, 0.25) is 0 Å². The second kappa shape index (κ2) is 8.80. The predicted octanol–water partition coefficient (Wildman–Crippen LogP) is 3.14. The smallest absolute Gasteiger partial charge is 0.330 e. The van der Waals surface area contributed by atoms with Crippen molar-refractivity contribution >= 4 is 34.7 Å². The van der Waals surface area contributed by atoms with Crippen LogP contribution in [0, 0.1) is 11.8 Å². The van der Waals surface area contributed by atoms with E-state index in [0.29, 0.717) is 19.6 Å². The first-order valence-electron chi connectivity index (χ1n) is 8.78. The molecule has 27 heavy (non-hydrogen) atoms. The molecule has 2 rings (SSSR count). The molecule has 2 aromatic heterocycles. The number of aromatic nitrogens is 3. The van der Waals surface area contributed by atoms with Crippen molar-refractivity contribution in [2.75, 3.05) is 17.2 Å². The first kappa shape index (κ1) is 21.3. The van der Waals surface area contributed by atoms with Crippen molar-refractivity contribution in [1.29, 1.82) is 0 Å². The lowest BCUT2D eigenvalue weighted by Gasteiger charge is -2.28. The van der Waals surface area contributed by atoms with Gasteiger partial charge in [0.1, 0.15) is 21.8 Å². The summed E-state index contributed by atoms with van der Waals surface area (Å²) >= 11 is 12.0. The fourth-order valence-electron chi connectivity index (χ4n) is 2.93. The van der Waals surface area contributed by atoms with Crippen molar-refractivity contribution in [2.45, 2.75) is 40.8 Å². The summed E-state index contributed by atoms with van der Waals surface area (Å²) in [6.45, 7) is 9.35.